The monoisotopic (exact) mass is 426 g/mol. The van der Waals surface area contributed by atoms with E-state index in [0.717, 1.165) is 5.69 Å². The van der Waals surface area contributed by atoms with E-state index < -0.39 is 16.1 Å². The number of primary sulfonamides is 1. The van der Waals surface area contributed by atoms with Gasteiger partial charge in [0.05, 0.1) is 24.4 Å². The molecule has 3 rings (SSSR count). The van der Waals surface area contributed by atoms with E-state index in [-0.39, 0.29) is 28.3 Å². The Kier molecular flexibility index (Phi) is 5.11. The maximum absolute atomic E-state index is 13.1. The minimum absolute atomic E-state index is 0.0907. The van der Waals surface area contributed by atoms with Crippen molar-refractivity contribution < 1.29 is 17.9 Å². The number of anilines is 1. The van der Waals surface area contributed by atoms with Crippen LogP contribution in [0.1, 0.15) is 53.7 Å². The molecule has 2 amide bonds. The lowest BCUT2D eigenvalue weighted by Crippen LogP contribution is -2.47. The van der Waals surface area contributed by atoms with Crippen molar-refractivity contribution in [2.24, 2.45) is 5.14 Å². The molecule has 1 saturated heterocycles. The van der Waals surface area contributed by atoms with E-state index in [1.165, 1.54) is 10.0 Å². The molecule has 10 nitrogen and oxygen atoms in total. The summed E-state index contributed by atoms with van der Waals surface area (Å²) in [7, 11) is -3.99. The number of fused-ring (bicyclic) bond motifs is 1. The number of hydrogen-bond acceptors (Lipinski definition) is 6. The Hall–Kier alpha value is -2.27. The average molecular weight is 427 g/mol. The second-order valence-electron chi connectivity index (χ2n) is 9.33. The number of carbonyl (C=O) groups is 1. The van der Waals surface area contributed by atoms with Gasteiger partial charge in [0.2, 0.25) is 15.9 Å². The van der Waals surface area contributed by atoms with Crippen molar-refractivity contribution >= 4 is 21.9 Å². The summed E-state index contributed by atoms with van der Waals surface area (Å²) in [6.45, 7) is 12.8. The minimum atomic E-state index is -3.99. The van der Waals surface area contributed by atoms with Gasteiger partial charge in [0.15, 0.2) is 0 Å². The third-order valence-electron chi connectivity index (χ3n) is 4.74. The van der Waals surface area contributed by atoms with Crippen LogP contribution in [-0.2, 0) is 25.7 Å². The molecule has 0 radical (unpaired) electrons. The highest BCUT2D eigenvalue weighted by Gasteiger charge is 2.41. The lowest BCUT2D eigenvalue weighted by molar-refractivity contribution is -0.0222. The molecule has 3 N–H and O–H groups in total. The fourth-order valence-electron chi connectivity index (χ4n) is 3.22. The third-order valence-corrected chi connectivity index (χ3v) is 5.73. The minimum Gasteiger partial charge on any atom is -0.477 e. The summed E-state index contributed by atoms with van der Waals surface area (Å²) >= 11 is 0. The Morgan fingerprint density at radius 2 is 1.90 bits per heavy atom. The van der Waals surface area contributed by atoms with Crippen LogP contribution in [0.25, 0.3) is 0 Å². The molecule has 2 aliphatic rings. The first-order valence-electron chi connectivity index (χ1n) is 9.55. The van der Waals surface area contributed by atoms with Gasteiger partial charge < -0.3 is 4.74 Å². The number of nitrogens with two attached hydrogens (primary N) is 1. The van der Waals surface area contributed by atoms with E-state index in [9.17, 15) is 13.2 Å². The molecule has 1 aromatic heterocycles. The number of carbonyl (C=O) groups excluding carboxylic acids is 1. The van der Waals surface area contributed by atoms with Gasteiger partial charge in [-0.05, 0) is 20.8 Å². The first-order valence-corrected chi connectivity index (χ1v) is 11.1. The molecule has 0 spiro atoms. The van der Waals surface area contributed by atoms with Gasteiger partial charge in [0.25, 0.3) is 0 Å². The number of sulfonamides is 1. The van der Waals surface area contributed by atoms with Crippen LogP contribution in [0.5, 0.6) is 0 Å². The van der Waals surface area contributed by atoms with Crippen LogP contribution in [0.15, 0.2) is 16.9 Å². The van der Waals surface area contributed by atoms with Gasteiger partial charge in [-0.25, -0.2) is 33.1 Å². The molecular formula is C18H30N6O4S. The van der Waals surface area contributed by atoms with Gasteiger partial charge in [-0.3, -0.25) is 5.32 Å². The van der Waals surface area contributed by atoms with Gasteiger partial charge in [0.1, 0.15) is 10.7 Å². The first-order chi connectivity index (χ1) is 13.2. The van der Waals surface area contributed by atoms with Crippen LogP contribution in [0.2, 0.25) is 0 Å². The molecule has 11 heteroatoms. The summed E-state index contributed by atoms with van der Waals surface area (Å²) in [5.74, 6) is 0.671. The quantitative estimate of drug-likeness (QED) is 0.744. The molecule has 2 aliphatic heterocycles. The average Bonchev–Trinajstić information content (AvgIpc) is 3.15. The van der Waals surface area contributed by atoms with Crippen LogP contribution in [0, 0.1) is 0 Å². The topological polar surface area (TPSA) is 123 Å². The number of rotatable bonds is 2. The molecule has 1 fully saturated rings. The smallest absolute Gasteiger partial charge is 0.342 e. The number of aromatic nitrogens is 2. The van der Waals surface area contributed by atoms with Crippen molar-refractivity contribution in [3.63, 3.8) is 0 Å². The van der Waals surface area contributed by atoms with E-state index in [1.807, 2.05) is 47.6 Å². The van der Waals surface area contributed by atoms with Crippen molar-refractivity contribution in [1.29, 1.82) is 0 Å². The van der Waals surface area contributed by atoms with E-state index >= 15 is 0 Å². The number of nitrogens with zero attached hydrogens (tertiary/aromatic N) is 4. The Balaban J connectivity index is 1.91. The van der Waals surface area contributed by atoms with Crippen molar-refractivity contribution in [2.75, 3.05) is 25.0 Å². The highest BCUT2D eigenvalue weighted by Crippen LogP contribution is 2.32. The predicted octanol–water partition coefficient (Wildman–Crippen LogP) is 1.88. The molecule has 162 valence electrons. The van der Waals surface area contributed by atoms with Crippen LogP contribution < -0.4 is 10.5 Å². The van der Waals surface area contributed by atoms with Gasteiger partial charge in [-0.1, -0.05) is 20.8 Å². The second kappa shape index (κ2) is 6.91. The number of amides is 2. The van der Waals surface area contributed by atoms with E-state index in [1.54, 1.807) is 4.68 Å². The van der Waals surface area contributed by atoms with Gasteiger partial charge in [-0.2, -0.15) is 5.10 Å². The highest BCUT2D eigenvalue weighted by molar-refractivity contribution is 7.93. The zero-order chi connectivity index (χ0) is 21.8. The molecule has 3 heterocycles. The number of hydrazine groups is 1. The Labute approximate surface area is 171 Å². The van der Waals surface area contributed by atoms with E-state index in [4.69, 9.17) is 9.88 Å². The zero-order valence-electron chi connectivity index (χ0n) is 17.8. The summed E-state index contributed by atoms with van der Waals surface area (Å²) in [4.78, 5) is 13.0. The normalized spacial score (nSPS) is 18.0. The van der Waals surface area contributed by atoms with Crippen LogP contribution in [0.4, 0.5) is 10.6 Å². The summed E-state index contributed by atoms with van der Waals surface area (Å²) in [5.41, 5.74) is 0.287. The highest BCUT2D eigenvalue weighted by atomic mass is 32.2. The molecule has 0 aromatic carbocycles. The molecular weight excluding hydrogens is 396 g/mol. The molecule has 0 saturated carbocycles. The van der Waals surface area contributed by atoms with Crippen LogP contribution in [0.3, 0.4) is 0 Å². The standard InChI is InChI=1S/C18H30N6O4S/c1-17(2,3)13-10-14(24(21-13)18(4,5)6)20-16(25)23-11-12(29(19,26)27)15-22(23)8-7-9-28-15/h10H,7-9,11H2,1-6H3,(H,20,25)(H2,19,26,27). The third kappa shape index (κ3) is 4.20. The van der Waals surface area contributed by atoms with Crippen molar-refractivity contribution in [3.8, 4) is 0 Å². The number of urea groups is 1. The van der Waals surface area contributed by atoms with Crippen molar-refractivity contribution in [1.82, 2.24) is 19.8 Å². The fraction of sp³-hybridized carbons (Fsp3) is 0.667. The number of nitrogens with one attached hydrogen (secondary N) is 1. The molecule has 29 heavy (non-hydrogen) atoms. The van der Waals surface area contributed by atoms with E-state index in [2.05, 4.69) is 10.4 Å². The predicted molar refractivity (Wildman–Crippen MR) is 109 cm³/mol. The maximum Gasteiger partial charge on any atom is 0.342 e. The molecule has 0 unspecified atom stereocenters. The van der Waals surface area contributed by atoms with Crippen LogP contribution in [-0.4, -0.2) is 53.9 Å². The fourth-order valence-corrected chi connectivity index (χ4v) is 3.93. The maximum atomic E-state index is 13.1. The van der Waals surface area contributed by atoms with Gasteiger partial charge in [0, 0.05) is 24.4 Å². The van der Waals surface area contributed by atoms with Gasteiger partial charge >= 0.3 is 6.03 Å². The van der Waals surface area contributed by atoms with Crippen molar-refractivity contribution in [2.45, 2.75) is 58.9 Å². The Bertz CT molecular complexity index is 952. The number of hydrogen-bond donors (Lipinski definition) is 2. The van der Waals surface area contributed by atoms with Crippen molar-refractivity contribution in [3.05, 3.63) is 22.5 Å². The van der Waals surface area contributed by atoms with Gasteiger partial charge in [-0.15, -0.1) is 0 Å². The summed E-state index contributed by atoms with van der Waals surface area (Å²) in [5, 5.41) is 15.7. The molecule has 0 aliphatic carbocycles. The summed E-state index contributed by atoms with van der Waals surface area (Å²) in [6, 6.07) is 1.37. The van der Waals surface area contributed by atoms with E-state index in [0.29, 0.717) is 25.4 Å². The lowest BCUT2D eigenvalue weighted by Gasteiger charge is -2.34. The Morgan fingerprint density at radius 3 is 2.45 bits per heavy atom. The molecule has 0 atom stereocenters. The SMILES string of the molecule is CC(C)(C)c1cc(NC(=O)N2CC(S(N)(=O)=O)=C3OCCCN32)n(C(C)(C)C)n1. The molecule has 1 aromatic rings. The largest absolute Gasteiger partial charge is 0.477 e. The molecule has 0 bridgehead atoms. The summed E-state index contributed by atoms with van der Waals surface area (Å²) < 4.78 is 31.2. The lowest BCUT2D eigenvalue weighted by atomic mass is 9.92. The summed E-state index contributed by atoms with van der Waals surface area (Å²) in [6.07, 6.45) is 0.666. The zero-order valence-corrected chi connectivity index (χ0v) is 18.6. The first kappa shape index (κ1) is 21.4. The van der Waals surface area contributed by atoms with Crippen LogP contribution >= 0.6 is 0 Å². The Morgan fingerprint density at radius 1 is 1.24 bits per heavy atom. The number of ether oxygens (including phenoxy) is 1. The second-order valence-corrected chi connectivity index (χ2v) is 10.9.